The number of piperidine rings is 1. The van der Waals surface area contributed by atoms with Crippen LogP contribution in [0.3, 0.4) is 0 Å². The van der Waals surface area contributed by atoms with Crippen LogP contribution < -0.4 is 5.32 Å². The third-order valence-electron chi connectivity index (χ3n) is 5.50. The van der Waals surface area contributed by atoms with Gasteiger partial charge in [0.05, 0.1) is 5.60 Å². The Morgan fingerprint density at radius 1 is 1.21 bits per heavy atom. The van der Waals surface area contributed by atoms with Gasteiger partial charge in [0.2, 0.25) is 0 Å². The second-order valence-electron chi connectivity index (χ2n) is 7.63. The molecule has 0 bridgehead atoms. The van der Waals surface area contributed by atoms with Crippen molar-refractivity contribution in [3.8, 4) is 0 Å². The summed E-state index contributed by atoms with van der Waals surface area (Å²) < 4.78 is 0. The van der Waals surface area contributed by atoms with E-state index in [4.69, 9.17) is 0 Å². The normalized spacial score (nSPS) is 22.5. The van der Waals surface area contributed by atoms with Crippen LogP contribution in [0.5, 0.6) is 0 Å². The highest BCUT2D eigenvalue weighted by Crippen LogP contribution is 2.29. The number of likely N-dealkylation sites (tertiary alicyclic amines) is 1. The van der Waals surface area contributed by atoms with Crippen molar-refractivity contribution >= 4 is 5.82 Å². The van der Waals surface area contributed by atoms with Crippen LogP contribution in [-0.2, 0) is 6.42 Å². The molecule has 1 saturated carbocycles. The molecule has 0 amide bonds. The minimum Gasteiger partial charge on any atom is -0.389 e. The van der Waals surface area contributed by atoms with Crippen LogP contribution >= 0.6 is 0 Å². The van der Waals surface area contributed by atoms with E-state index in [9.17, 15) is 5.11 Å². The largest absolute Gasteiger partial charge is 0.389 e. The average Bonchev–Trinajstić information content (AvgIpc) is 2.56. The van der Waals surface area contributed by atoms with Crippen LogP contribution in [0.2, 0.25) is 0 Å². The lowest BCUT2D eigenvalue weighted by Gasteiger charge is -2.40. The lowest BCUT2D eigenvalue weighted by Crippen LogP contribution is -2.48. The van der Waals surface area contributed by atoms with E-state index < -0.39 is 5.60 Å². The molecule has 0 aromatic carbocycles. The van der Waals surface area contributed by atoms with E-state index in [0.717, 1.165) is 69.1 Å². The summed E-state index contributed by atoms with van der Waals surface area (Å²) in [7, 11) is 0. The van der Waals surface area contributed by atoms with Crippen molar-refractivity contribution in [3.05, 3.63) is 17.6 Å². The Morgan fingerprint density at radius 3 is 2.58 bits per heavy atom. The van der Waals surface area contributed by atoms with Gasteiger partial charge in [0.25, 0.3) is 0 Å². The highest BCUT2D eigenvalue weighted by atomic mass is 16.3. The Bertz CT molecular complexity index is 534. The van der Waals surface area contributed by atoms with Crippen LogP contribution in [-0.4, -0.2) is 51.3 Å². The molecule has 2 aliphatic rings. The van der Waals surface area contributed by atoms with Gasteiger partial charge in [0.15, 0.2) is 0 Å². The maximum Gasteiger partial charge on any atom is 0.130 e. The second-order valence-corrected chi connectivity index (χ2v) is 7.63. The van der Waals surface area contributed by atoms with E-state index in [1.54, 1.807) is 0 Å². The van der Waals surface area contributed by atoms with Crippen LogP contribution in [0.15, 0.2) is 6.07 Å². The molecule has 1 aromatic rings. The molecule has 3 rings (SSSR count). The molecule has 1 aliphatic carbocycles. The summed E-state index contributed by atoms with van der Waals surface area (Å²) in [6, 6.07) is 2.55. The summed E-state index contributed by atoms with van der Waals surface area (Å²) in [6.45, 7) is 7.06. The summed E-state index contributed by atoms with van der Waals surface area (Å²) in [5, 5.41) is 14.3. The number of hydrogen-bond donors (Lipinski definition) is 2. The molecule has 2 N–H and O–H groups in total. The van der Waals surface area contributed by atoms with Crippen molar-refractivity contribution in [2.45, 2.75) is 76.9 Å². The number of nitrogens with one attached hydrogen (secondary N) is 1. The van der Waals surface area contributed by atoms with Crippen LogP contribution in [0.25, 0.3) is 0 Å². The summed E-state index contributed by atoms with van der Waals surface area (Å²) in [5.41, 5.74) is 0.667. The van der Waals surface area contributed by atoms with E-state index in [1.165, 1.54) is 19.3 Å². The number of hydrogen-bond acceptors (Lipinski definition) is 5. The topological polar surface area (TPSA) is 61.3 Å². The first-order valence-corrected chi connectivity index (χ1v) is 9.62. The molecule has 1 saturated heterocycles. The van der Waals surface area contributed by atoms with Gasteiger partial charge in [-0.3, -0.25) is 0 Å². The van der Waals surface area contributed by atoms with Gasteiger partial charge in [0.1, 0.15) is 11.6 Å². The summed E-state index contributed by atoms with van der Waals surface area (Å²) >= 11 is 0. The van der Waals surface area contributed by atoms with Gasteiger partial charge in [0, 0.05) is 37.4 Å². The number of aliphatic hydroxyl groups is 1. The van der Waals surface area contributed by atoms with E-state index in [0.29, 0.717) is 6.04 Å². The van der Waals surface area contributed by atoms with Gasteiger partial charge in [-0.2, -0.15) is 0 Å². The molecule has 1 aliphatic heterocycles. The van der Waals surface area contributed by atoms with Crippen LogP contribution in [0.4, 0.5) is 5.82 Å². The Kier molecular flexibility index (Phi) is 5.72. The fourth-order valence-corrected chi connectivity index (χ4v) is 4.11. The number of aromatic nitrogens is 2. The quantitative estimate of drug-likeness (QED) is 0.868. The highest BCUT2D eigenvalue weighted by Gasteiger charge is 2.32. The molecule has 0 radical (unpaired) electrons. The lowest BCUT2D eigenvalue weighted by atomic mass is 9.84. The summed E-state index contributed by atoms with van der Waals surface area (Å²) in [5.74, 6) is 1.80. The lowest BCUT2D eigenvalue weighted by molar-refractivity contribution is -0.0302. The third-order valence-corrected chi connectivity index (χ3v) is 5.50. The van der Waals surface area contributed by atoms with Crippen LogP contribution in [0.1, 0.15) is 63.4 Å². The van der Waals surface area contributed by atoms with Crippen LogP contribution in [0, 0.1) is 6.92 Å². The van der Waals surface area contributed by atoms with Gasteiger partial charge in [-0.15, -0.1) is 0 Å². The fraction of sp³-hybridized carbons (Fsp3) is 0.789. The van der Waals surface area contributed by atoms with Crippen molar-refractivity contribution in [3.63, 3.8) is 0 Å². The molecule has 0 unspecified atom stereocenters. The molecule has 5 heteroatoms. The molecule has 5 nitrogen and oxygen atoms in total. The Labute approximate surface area is 145 Å². The molecule has 0 atom stereocenters. The minimum atomic E-state index is -0.432. The molecule has 134 valence electrons. The van der Waals surface area contributed by atoms with Gasteiger partial charge in [-0.05, 0) is 39.0 Å². The Balaban J connectivity index is 1.49. The molecular formula is C19H32N4O. The zero-order chi connectivity index (χ0) is 17.0. The van der Waals surface area contributed by atoms with Crippen molar-refractivity contribution < 1.29 is 5.11 Å². The maximum absolute atomic E-state index is 10.7. The van der Waals surface area contributed by atoms with Crippen molar-refractivity contribution in [2.24, 2.45) is 0 Å². The molecule has 2 heterocycles. The number of rotatable bonds is 5. The first-order valence-electron chi connectivity index (χ1n) is 9.62. The molecule has 2 fully saturated rings. The van der Waals surface area contributed by atoms with E-state index >= 15 is 0 Å². The molecular weight excluding hydrogens is 300 g/mol. The predicted molar refractivity (Wildman–Crippen MR) is 97.3 cm³/mol. The van der Waals surface area contributed by atoms with Gasteiger partial charge >= 0.3 is 0 Å². The zero-order valence-corrected chi connectivity index (χ0v) is 15.2. The van der Waals surface area contributed by atoms with E-state index in [1.807, 2.05) is 6.92 Å². The first-order chi connectivity index (χ1) is 11.6. The summed E-state index contributed by atoms with van der Waals surface area (Å²) in [4.78, 5) is 11.4. The predicted octanol–water partition coefficient (Wildman–Crippen LogP) is 2.92. The number of nitrogens with zero attached hydrogens (tertiary/aromatic N) is 3. The van der Waals surface area contributed by atoms with Gasteiger partial charge in [-0.1, -0.05) is 26.2 Å². The van der Waals surface area contributed by atoms with Gasteiger partial charge < -0.3 is 15.3 Å². The minimum absolute atomic E-state index is 0.432. The fourth-order valence-electron chi connectivity index (χ4n) is 4.11. The van der Waals surface area contributed by atoms with E-state index in [-0.39, 0.29) is 0 Å². The molecule has 24 heavy (non-hydrogen) atoms. The van der Waals surface area contributed by atoms with Crippen molar-refractivity contribution in [2.75, 3.05) is 25.0 Å². The first kappa shape index (κ1) is 17.6. The second kappa shape index (κ2) is 7.79. The molecule has 1 aromatic heterocycles. The monoisotopic (exact) mass is 332 g/mol. The smallest absolute Gasteiger partial charge is 0.130 e. The van der Waals surface area contributed by atoms with Crippen molar-refractivity contribution in [1.29, 1.82) is 0 Å². The van der Waals surface area contributed by atoms with Gasteiger partial charge in [-0.25, -0.2) is 9.97 Å². The average molecular weight is 332 g/mol. The number of β-amino-alcohol motifs (C(OH)–C–C–N with tert-alkyl or cyclic N) is 1. The highest BCUT2D eigenvalue weighted by molar-refractivity contribution is 5.37. The third kappa shape index (κ3) is 4.67. The SMILES string of the molecule is CCc1cc(NC2CCN(CC3(O)CCCCC3)CC2)nc(C)n1. The summed E-state index contributed by atoms with van der Waals surface area (Å²) in [6.07, 6.45) is 8.77. The Hall–Kier alpha value is -1.20. The van der Waals surface area contributed by atoms with E-state index in [2.05, 4.69) is 33.2 Å². The number of aryl methyl sites for hydroxylation is 2. The number of anilines is 1. The standard InChI is InChI=1S/C19H32N4O/c1-3-16-13-18(21-15(2)20-16)22-17-7-11-23(12-8-17)14-19(24)9-5-4-6-10-19/h13,17,24H,3-12,14H2,1-2H3,(H,20,21,22). The molecule has 0 spiro atoms. The maximum atomic E-state index is 10.7. The van der Waals surface area contributed by atoms with Crippen molar-refractivity contribution in [1.82, 2.24) is 14.9 Å². The Morgan fingerprint density at radius 2 is 1.92 bits per heavy atom. The zero-order valence-electron chi connectivity index (χ0n) is 15.2.